The zero-order valence-corrected chi connectivity index (χ0v) is 14.1. The minimum absolute atomic E-state index is 0.0836. The van der Waals surface area contributed by atoms with Crippen LogP contribution in [0.5, 0.6) is 0 Å². The van der Waals surface area contributed by atoms with Crippen molar-refractivity contribution in [2.45, 2.75) is 39.1 Å². The number of ether oxygens (including phenoxy) is 1. The highest BCUT2D eigenvalue weighted by Gasteiger charge is 2.44. The van der Waals surface area contributed by atoms with Crippen molar-refractivity contribution in [3.63, 3.8) is 0 Å². The molecule has 0 radical (unpaired) electrons. The van der Waals surface area contributed by atoms with Gasteiger partial charge in [-0.2, -0.15) is 0 Å². The molecule has 122 valence electrons. The molecule has 21 heavy (non-hydrogen) atoms. The summed E-state index contributed by atoms with van der Waals surface area (Å²) < 4.78 is 5.29. The molecule has 2 amide bonds. The average Bonchev–Trinajstić information content (AvgIpc) is 2.88. The highest BCUT2D eigenvalue weighted by atomic mass is 32.2. The second kappa shape index (κ2) is 8.48. The van der Waals surface area contributed by atoms with Crippen molar-refractivity contribution in [1.29, 1.82) is 0 Å². The summed E-state index contributed by atoms with van der Waals surface area (Å²) in [7, 11) is 0. The predicted octanol–water partition coefficient (Wildman–Crippen LogP) is 1.95. The van der Waals surface area contributed by atoms with E-state index in [0.717, 1.165) is 0 Å². The molecule has 1 fully saturated rings. The fourth-order valence-electron chi connectivity index (χ4n) is 2.35. The summed E-state index contributed by atoms with van der Waals surface area (Å²) in [6.07, 6.45) is 0. The largest absolute Gasteiger partial charge is 0.480 e. The number of hydrogen-bond acceptors (Lipinski definition) is 4. The van der Waals surface area contributed by atoms with Crippen LogP contribution in [0.15, 0.2) is 0 Å². The number of carboxylic acids is 1. The van der Waals surface area contributed by atoms with Gasteiger partial charge in [-0.25, -0.2) is 9.59 Å². The number of likely N-dealkylation sites (N-methyl/N-ethyl adjacent to an activating group) is 1. The summed E-state index contributed by atoms with van der Waals surface area (Å²) in [5.74, 6) is -0.263. The van der Waals surface area contributed by atoms with Gasteiger partial charge in [0.25, 0.3) is 0 Å². The van der Waals surface area contributed by atoms with E-state index >= 15 is 0 Å². The van der Waals surface area contributed by atoms with Crippen LogP contribution in [-0.2, 0) is 9.53 Å². The molecule has 1 aliphatic heterocycles. The molecule has 7 heteroatoms. The Morgan fingerprint density at radius 1 is 1.43 bits per heavy atom. The first-order valence-corrected chi connectivity index (χ1v) is 8.48. The summed E-state index contributed by atoms with van der Waals surface area (Å²) in [5, 5.41) is 9.27. The standard InChI is InChI=1S/C14H26N2O4S/c1-5-15(7-8-20-6-2)14(19)16-11(13(17)18)9-21-12(16)10(3)4/h10-12H,5-9H2,1-4H3,(H,17,18). The minimum Gasteiger partial charge on any atom is -0.480 e. The molecule has 0 spiro atoms. The monoisotopic (exact) mass is 318 g/mol. The van der Waals surface area contributed by atoms with Crippen LogP contribution >= 0.6 is 11.8 Å². The molecule has 1 rings (SSSR count). The number of urea groups is 1. The molecule has 0 aromatic heterocycles. The number of thioether (sulfide) groups is 1. The Kier molecular flexibility index (Phi) is 7.31. The van der Waals surface area contributed by atoms with Crippen molar-refractivity contribution < 1.29 is 19.4 Å². The van der Waals surface area contributed by atoms with E-state index < -0.39 is 12.0 Å². The van der Waals surface area contributed by atoms with Crippen LogP contribution in [-0.4, -0.2) is 70.4 Å². The summed E-state index contributed by atoms with van der Waals surface area (Å²) in [5.41, 5.74) is 0. The molecule has 0 aliphatic carbocycles. The lowest BCUT2D eigenvalue weighted by atomic mass is 10.1. The Labute approximate surface area is 130 Å². The Morgan fingerprint density at radius 3 is 2.57 bits per heavy atom. The zero-order valence-electron chi connectivity index (χ0n) is 13.2. The number of carbonyl (C=O) groups is 2. The number of carbonyl (C=O) groups excluding carboxylic acids is 1. The highest BCUT2D eigenvalue weighted by Crippen LogP contribution is 2.34. The first-order valence-electron chi connectivity index (χ1n) is 7.43. The van der Waals surface area contributed by atoms with Gasteiger partial charge >= 0.3 is 12.0 Å². The molecule has 1 N–H and O–H groups in total. The van der Waals surface area contributed by atoms with Gasteiger partial charge < -0.3 is 14.7 Å². The van der Waals surface area contributed by atoms with E-state index in [9.17, 15) is 14.7 Å². The van der Waals surface area contributed by atoms with Crippen molar-refractivity contribution in [3.05, 3.63) is 0 Å². The van der Waals surface area contributed by atoms with E-state index in [1.165, 1.54) is 4.90 Å². The maximum atomic E-state index is 12.7. The molecular weight excluding hydrogens is 292 g/mol. The van der Waals surface area contributed by atoms with Crippen LogP contribution in [0.1, 0.15) is 27.7 Å². The van der Waals surface area contributed by atoms with E-state index in [4.69, 9.17) is 4.74 Å². The van der Waals surface area contributed by atoms with Gasteiger partial charge in [0.05, 0.1) is 12.0 Å². The van der Waals surface area contributed by atoms with Gasteiger partial charge in [-0.05, 0) is 19.8 Å². The van der Waals surface area contributed by atoms with Gasteiger partial charge in [0.1, 0.15) is 6.04 Å². The fourth-order valence-corrected chi connectivity index (χ4v) is 3.81. The quantitative estimate of drug-likeness (QED) is 0.727. The van der Waals surface area contributed by atoms with Gasteiger partial charge in [0.2, 0.25) is 0 Å². The minimum atomic E-state index is -0.931. The molecule has 0 bridgehead atoms. The van der Waals surface area contributed by atoms with E-state index in [1.54, 1.807) is 16.7 Å². The lowest BCUT2D eigenvalue weighted by Crippen LogP contribution is -2.53. The van der Waals surface area contributed by atoms with E-state index in [0.29, 0.717) is 32.1 Å². The molecule has 0 aromatic carbocycles. The number of carboxylic acid groups (broad SMARTS) is 1. The second-order valence-corrected chi connectivity index (χ2v) is 6.44. The SMILES string of the molecule is CCOCCN(CC)C(=O)N1C(C(=O)O)CSC1C(C)C. The van der Waals surface area contributed by atoms with Crippen LogP contribution in [0.2, 0.25) is 0 Å². The first-order chi connectivity index (χ1) is 9.93. The Bertz CT molecular complexity index is 365. The number of hydrogen-bond donors (Lipinski definition) is 1. The maximum Gasteiger partial charge on any atom is 0.327 e. The van der Waals surface area contributed by atoms with Crippen LogP contribution in [0.25, 0.3) is 0 Å². The van der Waals surface area contributed by atoms with Gasteiger partial charge in [-0.3, -0.25) is 4.90 Å². The van der Waals surface area contributed by atoms with Gasteiger partial charge in [-0.15, -0.1) is 11.8 Å². The lowest BCUT2D eigenvalue weighted by molar-refractivity contribution is -0.141. The molecule has 1 heterocycles. The number of aliphatic carboxylic acids is 1. The van der Waals surface area contributed by atoms with Crippen LogP contribution < -0.4 is 0 Å². The van der Waals surface area contributed by atoms with Crippen molar-refractivity contribution in [2.75, 3.05) is 32.1 Å². The van der Waals surface area contributed by atoms with Gasteiger partial charge in [0.15, 0.2) is 0 Å². The third kappa shape index (κ3) is 4.51. The molecule has 0 aromatic rings. The summed E-state index contributed by atoms with van der Waals surface area (Å²) in [6.45, 7) is 9.94. The highest BCUT2D eigenvalue weighted by molar-refractivity contribution is 8.00. The predicted molar refractivity (Wildman–Crippen MR) is 83.5 cm³/mol. The Hall–Kier alpha value is -0.950. The molecule has 2 atom stereocenters. The molecule has 6 nitrogen and oxygen atoms in total. The third-order valence-corrected chi connectivity index (χ3v) is 5.09. The number of amides is 2. The van der Waals surface area contributed by atoms with E-state index in [2.05, 4.69) is 0 Å². The molecule has 2 unspecified atom stereocenters. The molecule has 0 saturated carbocycles. The van der Waals surface area contributed by atoms with E-state index in [1.807, 2.05) is 27.7 Å². The summed E-state index contributed by atoms with van der Waals surface area (Å²) in [4.78, 5) is 27.3. The topological polar surface area (TPSA) is 70.1 Å². The molecule has 1 saturated heterocycles. The van der Waals surface area contributed by atoms with Crippen LogP contribution in [0.3, 0.4) is 0 Å². The Balaban J connectivity index is 2.83. The molecule has 1 aliphatic rings. The molecular formula is C14H26N2O4S. The van der Waals surface area contributed by atoms with Gasteiger partial charge in [-0.1, -0.05) is 13.8 Å². The van der Waals surface area contributed by atoms with Crippen LogP contribution in [0.4, 0.5) is 4.79 Å². The summed E-state index contributed by atoms with van der Waals surface area (Å²) >= 11 is 1.55. The normalized spacial score (nSPS) is 21.9. The number of rotatable bonds is 7. The van der Waals surface area contributed by atoms with Crippen LogP contribution in [0, 0.1) is 5.92 Å². The van der Waals surface area contributed by atoms with E-state index in [-0.39, 0.29) is 17.3 Å². The zero-order chi connectivity index (χ0) is 16.0. The van der Waals surface area contributed by atoms with Crippen molar-refractivity contribution in [3.8, 4) is 0 Å². The number of nitrogens with zero attached hydrogens (tertiary/aromatic N) is 2. The second-order valence-electron chi connectivity index (χ2n) is 5.29. The smallest absolute Gasteiger partial charge is 0.327 e. The van der Waals surface area contributed by atoms with Crippen molar-refractivity contribution in [1.82, 2.24) is 9.80 Å². The Morgan fingerprint density at radius 2 is 2.10 bits per heavy atom. The first kappa shape index (κ1) is 18.1. The lowest BCUT2D eigenvalue weighted by Gasteiger charge is -2.34. The third-order valence-electron chi connectivity index (χ3n) is 3.47. The van der Waals surface area contributed by atoms with Gasteiger partial charge in [0, 0.05) is 25.4 Å². The average molecular weight is 318 g/mol. The van der Waals surface area contributed by atoms with Crippen molar-refractivity contribution in [2.24, 2.45) is 5.92 Å². The van der Waals surface area contributed by atoms with Crippen molar-refractivity contribution >= 4 is 23.8 Å². The fraction of sp³-hybridized carbons (Fsp3) is 0.857. The summed E-state index contributed by atoms with van der Waals surface area (Å²) in [6, 6.07) is -0.940. The maximum absolute atomic E-state index is 12.7.